The van der Waals surface area contributed by atoms with Gasteiger partial charge in [0.25, 0.3) is 11.9 Å². The van der Waals surface area contributed by atoms with E-state index in [1.165, 1.54) is 0 Å². The van der Waals surface area contributed by atoms with Gasteiger partial charge in [0.05, 0.1) is 0 Å². The summed E-state index contributed by atoms with van der Waals surface area (Å²) >= 11 is 0. The smallest absolute Gasteiger partial charge is 0.269 e. The van der Waals surface area contributed by atoms with Gasteiger partial charge in [-0.1, -0.05) is 17.2 Å². The molecule has 17 heavy (non-hydrogen) atoms. The van der Waals surface area contributed by atoms with Gasteiger partial charge in [0.1, 0.15) is 5.75 Å². The van der Waals surface area contributed by atoms with Gasteiger partial charge in [-0.05, 0) is 29.8 Å². The topological polar surface area (TPSA) is 92.8 Å². The van der Waals surface area contributed by atoms with Gasteiger partial charge in [-0.3, -0.25) is 10.1 Å². The molecule has 0 unspecified atom stereocenters. The van der Waals surface area contributed by atoms with E-state index in [4.69, 9.17) is 4.74 Å². The monoisotopic (exact) mass is 233 g/mol. The first-order valence-electron chi connectivity index (χ1n) is 4.97. The van der Waals surface area contributed by atoms with Crippen LogP contribution in [-0.4, -0.2) is 33.1 Å². The normalized spacial score (nSPS) is 9.94. The summed E-state index contributed by atoms with van der Waals surface area (Å²) in [6, 6.07) is 7.45. The molecule has 1 heterocycles. The number of benzene rings is 1. The van der Waals surface area contributed by atoms with Gasteiger partial charge in [-0.25, -0.2) is 0 Å². The number of aromatic nitrogens is 4. The summed E-state index contributed by atoms with van der Waals surface area (Å²) in [4.78, 5) is 11.4. The molecule has 88 valence electrons. The molecule has 0 saturated carbocycles. The maximum atomic E-state index is 11.4. The van der Waals surface area contributed by atoms with Crippen molar-refractivity contribution < 1.29 is 9.53 Å². The van der Waals surface area contributed by atoms with Crippen molar-refractivity contribution in [1.29, 1.82) is 0 Å². The standard InChI is InChI=1S/C10H11N5O2/c1-7-3-2-4-8(5-7)17-6-9(16)11-10-12-14-15-13-10/h2-5H,6H2,1H3,(H2,11,12,13,14,15,16). The van der Waals surface area contributed by atoms with Crippen LogP contribution < -0.4 is 10.1 Å². The van der Waals surface area contributed by atoms with Crippen molar-refractivity contribution >= 4 is 11.9 Å². The molecule has 0 saturated heterocycles. The predicted octanol–water partition coefficient (Wildman–Crippen LogP) is 0.526. The number of carbonyl (C=O) groups is 1. The van der Waals surface area contributed by atoms with Crippen LogP contribution in [0.1, 0.15) is 5.56 Å². The Morgan fingerprint density at radius 3 is 3.12 bits per heavy atom. The molecule has 0 bridgehead atoms. The number of ether oxygens (including phenoxy) is 1. The van der Waals surface area contributed by atoms with Crippen molar-refractivity contribution in [3.8, 4) is 5.75 Å². The summed E-state index contributed by atoms with van der Waals surface area (Å²) in [6.07, 6.45) is 0. The van der Waals surface area contributed by atoms with Crippen molar-refractivity contribution in [1.82, 2.24) is 20.6 Å². The predicted molar refractivity (Wildman–Crippen MR) is 59.5 cm³/mol. The summed E-state index contributed by atoms with van der Waals surface area (Å²) in [5.74, 6) is 0.434. The highest BCUT2D eigenvalue weighted by molar-refractivity contribution is 5.90. The average Bonchev–Trinajstić information content (AvgIpc) is 2.79. The second-order valence-corrected chi connectivity index (χ2v) is 3.39. The molecular weight excluding hydrogens is 222 g/mol. The van der Waals surface area contributed by atoms with Crippen molar-refractivity contribution in [2.75, 3.05) is 11.9 Å². The summed E-state index contributed by atoms with van der Waals surface area (Å²) < 4.78 is 5.30. The van der Waals surface area contributed by atoms with Crippen LogP contribution in [0.25, 0.3) is 0 Å². The maximum absolute atomic E-state index is 11.4. The molecule has 7 nitrogen and oxygen atoms in total. The van der Waals surface area contributed by atoms with E-state index in [9.17, 15) is 4.79 Å². The number of aryl methyl sites for hydroxylation is 1. The number of tetrazole rings is 1. The number of carbonyl (C=O) groups excluding carboxylic acids is 1. The van der Waals surface area contributed by atoms with Gasteiger partial charge >= 0.3 is 0 Å². The number of H-pyrrole nitrogens is 1. The highest BCUT2D eigenvalue weighted by Crippen LogP contribution is 2.11. The Balaban J connectivity index is 1.84. The van der Waals surface area contributed by atoms with Crippen molar-refractivity contribution in [3.63, 3.8) is 0 Å². The van der Waals surface area contributed by atoms with E-state index in [0.29, 0.717) is 5.75 Å². The van der Waals surface area contributed by atoms with Crippen LogP contribution >= 0.6 is 0 Å². The largest absolute Gasteiger partial charge is 0.484 e. The summed E-state index contributed by atoms with van der Waals surface area (Å²) in [7, 11) is 0. The Bertz CT molecular complexity index is 497. The van der Waals surface area contributed by atoms with Crippen molar-refractivity contribution in [2.45, 2.75) is 6.92 Å². The number of anilines is 1. The Morgan fingerprint density at radius 1 is 1.53 bits per heavy atom. The fraction of sp³-hybridized carbons (Fsp3) is 0.200. The lowest BCUT2D eigenvalue weighted by Gasteiger charge is -2.05. The molecule has 0 fully saturated rings. The number of hydrogen-bond donors (Lipinski definition) is 2. The summed E-state index contributed by atoms with van der Waals surface area (Å²) in [5, 5.41) is 15.2. The van der Waals surface area contributed by atoms with Gasteiger partial charge in [-0.15, -0.1) is 5.10 Å². The summed E-state index contributed by atoms with van der Waals surface area (Å²) in [5.41, 5.74) is 1.07. The van der Waals surface area contributed by atoms with Gasteiger partial charge in [-0.2, -0.15) is 5.21 Å². The Morgan fingerprint density at radius 2 is 2.41 bits per heavy atom. The quantitative estimate of drug-likeness (QED) is 0.803. The second kappa shape index (κ2) is 5.06. The third kappa shape index (κ3) is 3.26. The van der Waals surface area contributed by atoms with E-state index in [1.807, 2.05) is 25.1 Å². The number of aromatic amines is 1. The van der Waals surface area contributed by atoms with Crippen LogP contribution in [0, 0.1) is 6.92 Å². The van der Waals surface area contributed by atoms with Crippen molar-refractivity contribution in [3.05, 3.63) is 29.8 Å². The molecule has 1 amide bonds. The lowest BCUT2D eigenvalue weighted by atomic mass is 10.2. The molecular formula is C10H11N5O2. The number of rotatable bonds is 4. The van der Waals surface area contributed by atoms with Gasteiger partial charge < -0.3 is 4.74 Å². The first kappa shape index (κ1) is 11.1. The van der Waals surface area contributed by atoms with Gasteiger partial charge in [0, 0.05) is 0 Å². The molecule has 2 rings (SSSR count). The van der Waals surface area contributed by atoms with E-state index in [1.54, 1.807) is 6.07 Å². The van der Waals surface area contributed by atoms with Crippen LogP contribution in [0.5, 0.6) is 5.75 Å². The van der Waals surface area contributed by atoms with Crippen LogP contribution in [0.3, 0.4) is 0 Å². The van der Waals surface area contributed by atoms with E-state index in [0.717, 1.165) is 5.56 Å². The van der Waals surface area contributed by atoms with Crippen LogP contribution in [0.2, 0.25) is 0 Å². The maximum Gasteiger partial charge on any atom is 0.269 e. The molecule has 0 spiro atoms. The van der Waals surface area contributed by atoms with Crippen molar-refractivity contribution in [2.24, 2.45) is 0 Å². The third-order valence-electron chi connectivity index (χ3n) is 1.96. The van der Waals surface area contributed by atoms with Gasteiger partial charge in [0.2, 0.25) is 0 Å². The highest BCUT2D eigenvalue weighted by atomic mass is 16.5. The number of nitrogens with zero attached hydrogens (tertiary/aromatic N) is 3. The number of amides is 1. The molecule has 0 atom stereocenters. The Labute approximate surface area is 97.2 Å². The van der Waals surface area contributed by atoms with E-state index in [-0.39, 0.29) is 18.5 Å². The third-order valence-corrected chi connectivity index (χ3v) is 1.96. The van der Waals surface area contributed by atoms with E-state index >= 15 is 0 Å². The Kier molecular flexibility index (Phi) is 3.29. The zero-order valence-electron chi connectivity index (χ0n) is 9.17. The van der Waals surface area contributed by atoms with E-state index < -0.39 is 0 Å². The number of nitrogens with one attached hydrogen (secondary N) is 2. The first-order chi connectivity index (χ1) is 8.24. The zero-order chi connectivity index (χ0) is 12.1. The summed E-state index contributed by atoms with van der Waals surface area (Å²) in [6.45, 7) is 1.85. The molecule has 0 radical (unpaired) electrons. The average molecular weight is 233 g/mol. The van der Waals surface area contributed by atoms with Crippen LogP contribution in [0.4, 0.5) is 5.95 Å². The van der Waals surface area contributed by atoms with E-state index in [2.05, 4.69) is 25.9 Å². The lowest BCUT2D eigenvalue weighted by molar-refractivity contribution is -0.118. The molecule has 0 aliphatic rings. The minimum absolute atomic E-state index is 0.0992. The molecule has 7 heteroatoms. The SMILES string of the molecule is Cc1cccc(OCC(=O)Nc2nn[nH]n2)c1. The van der Waals surface area contributed by atoms with Crippen LogP contribution in [-0.2, 0) is 4.79 Å². The number of hydrogen-bond acceptors (Lipinski definition) is 5. The zero-order valence-corrected chi connectivity index (χ0v) is 9.17. The van der Waals surface area contributed by atoms with Gasteiger partial charge in [0.15, 0.2) is 6.61 Å². The minimum Gasteiger partial charge on any atom is -0.484 e. The Hall–Kier alpha value is -2.44. The first-order valence-corrected chi connectivity index (χ1v) is 4.97. The molecule has 2 aromatic rings. The molecule has 0 aliphatic heterocycles. The molecule has 0 aliphatic carbocycles. The second-order valence-electron chi connectivity index (χ2n) is 3.39. The highest BCUT2D eigenvalue weighted by Gasteiger charge is 2.06. The molecule has 2 N–H and O–H groups in total. The lowest BCUT2D eigenvalue weighted by Crippen LogP contribution is -2.20. The fourth-order valence-corrected chi connectivity index (χ4v) is 1.23. The van der Waals surface area contributed by atoms with Crippen LogP contribution in [0.15, 0.2) is 24.3 Å². The fourth-order valence-electron chi connectivity index (χ4n) is 1.23. The minimum atomic E-state index is -0.340. The molecule has 1 aromatic carbocycles. The molecule has 1 aromatic heterocycles.